The van der Waals surface area contributed by atoms with Gasteiger partial charge in [-0.25, -0.2) is 6.42 Å². The molecule has 7 aliphatic rings. The molecule has 40 heavy (non-hydrogen) atoms. The summed E-state index contributed by atoms with van der Waals surface area (Å²) in [5.41, 5.74) is 4.52. The van der Waals surface area contributed by atoms with Crippen LogP contribution in [0.1, 0.15) is 96.4 Å². The second-order valence-corrected chi connectivity index (χ2v) is 14.8. The summed E-state index contributed by atoms with van der Waals surface area (Å²) in [4.78, 5) is 6.07. The van der Waals surface area contributed by atoms with Crippen LogP contribution in [0, 0.1) is 48.3 Å². The summed E-state index contributed by atoms with van der Waals surface area (Å²) in [5, 5.41) is 10.4. The Labute approximate surface area is 266 Å². The number of thioether (sulfide) groups is 1. The molecule has 5 aliphatic heterocycles. The zero-order chi connectivity index (χ0) is 29.6. The Kier molecular flexibility index (Phi) is 8.96. The first-order valence-corrected chi connectivity index (χ1v) is 16.5. The minimum Gasteiger partial charge on any atom is -0.690 e. The summed E-state index contributed by atoms with van der Waals surface area (Å²) in [5.74, 6) is 4.78. The van der Waals surface area contributed by atoms with Crippen molar-refractivity contribution in [3.05, 3.63) is 57.1 Å². The molecule has 0 aromatic heterocycles. The molecule has 1 radical (unpaired) electrons. The fraction of sp³-hybridized carbons (Fsp3) is 0.735. The van der Waals surface area contributed by atoms with Crippen LogP contribution in [0.2, 0.25) is 0 Å². The number of allylic oxidation sites excluding steroid dienone is 3. The summed E-state index contributed by atoms with van der Waals surface area (Å²) >= 11 is 2.02. The van der Waals surface area contributed by atoms with Crippen LogP contribution in [0.3, 0.4) is 0 Å². The van der Waals surface area contributed by atoms with Crippen molar-refractivity contribution in [2.24, 2.45) is 40.5 Å². The van der Waals surface area contributed by atoms with Crippen molar-refractivity contribution >= 4 is 17.5 Å². The molecule has 1 saturated heterocycles. The maximum absolute atomic E-state index is 7.67. The van der Waals surface area contributed by atoms with Gasteiger partial charge >= 0.3 is 0 Å². The van der Waals surface area contributed by atoms with E-state index in [0.717, 1.165) is 56.4 Å². The second kappa shape index (κ2) is 13.3. The van der Waals surface area contributed by atoms with Gasteiger partial charge in [-0.2, -0.15) is 23.6 Å². The summed E-state index contributed by atoms with van der Waals surface area (Å²) < 4.78 is 29.3. The van der Waals surface area contributed by atoms with Crippen molar-refractivity contribution < 1.29 is 29.0 Å². The summed E-state index contributed by atoms with van der Waals surface area (Å²) in [7, 11) is 0. The van der Waals surface area contributed by atoms with E-state index in [2.05, 4.69) is 51.6 Å². The van der Waals surface area contributed by atoms with Crippen LogP contribution in [0.15, 0.2) is 38.6 Å². The second-order valence-electron chi connectivity index (χ2n) is 13.2. The molecular weight excluding hydrogens is 691 g/mol. The molecule has 0 spiro atoms. The molecule has 5 heterocycles. The van der Waals surface area contributed by atoms with Gasteiger partial charge in [0.05, 0.1) is 0 Å². The molecule has 0 amide bonds. The number of hydrogen-bond acceptors (Lipinski definition) is 3. The predicted molar refractivity (Wildman–Crippen MR) is 166 cm³/mol. The Hall–Kier alpha value is -0.681. The zero-order valence-corrected chi connectivity index (χ0v) is 27.9. The minimum absolute atomic E-state index is 0. The molecule has 225 valence electrons. The van der Waals surface area contributed by atoms with Crippen LogP contribution in [-0.2, 0) is 24.8 Å². The van der Waals surface area contributed by atoms with Crippen molar-refractivity contribution in [2.45, 2.75) is 110 Å². The van der Waals surface area contributed by atoms with Gasteiger partial charge in [0.2, 0.25) is 0 Å². The van der Waals surface area contributed by atoms with Gasteiger partial charge in [-0.1, -0.05) is 64.4 Å². The standard InChI is InChI=1S/C20H26N2OS.C14H23N.Ir/c1-11-6-7-15-14-4-3-5-16(19(14)23-20(15)22-11)17-9-18-13(10-21-17)8-12(2)24-18;1-10-4-6-13(7-5-10)14-8-11(2)12(3)9-15-14;/h5,12,14-15,17,20H,3-4,6-10H2,1-2H3;6,8,10-13H,4-5,7,9H2,1-3H3;/q2*-2;/t12-,14?,15?,17?,20?;10-,11-,12+,13+;/m00./s1/i1D3;;. The quantitative estimate of drug-likeness (QED) is 0.265. The zero-order valence-electron chi connectivity index (χ0n) is 27.7. The van der Waals surface area contributed by atoms with E-state index in [-0.39, 0.29) is 32.4 Å². The van der Waals surface area contributed by atoms with Crippen LogP contribution in [-0.4, -0.2) is 36.3 Å². The van der Waals surface area contributed by atoms with Gasteiger partial charge in [0.1, 0.15) is 0 Å². The average Bonchev–Trinajstić information content (AvgIpc) is 3.53. The van der Waals surface area contributed by atoms with Crippen LogP contribution in [0.5, 0.6) is 0 Å². The van der Waals surface area contributed by atoms with E-state index in [4.69, 9.17) is 19.5 Å². The molecule has 1 saturated carbocycles. The fourth-order valence-corrected chi connectivity index (χ4v) is 8.82. The topological polar surface area (TPSA) is 49.8 Å². The Balaban J connectivity index is 0.000000197. The number of hydrogen-bond donors (Lipinski definition) is 0. The first-order valence-electron chi connectivity index (χ1n) is 17.1. The van der Waals surface area contributed by atoms with Crippen molar-refractivity contribution in [3.63, 3.8) is 0 Å². The molecule has 6 heteroatoms. The van der Waals surface area contributed by atoms with Crippen molar-refractivity contribution in [3.8, 4) is 0 Å². The fourth-order valence-electron chi connectivity index (χ4n) is 7.48. The SMILES string of the molecule is C[C@H]1C[CH-][C@@H](C2=C[C@H](C)[C@H](C)C[N-]2)CC1.[2H]C([2H])([2H])C1=NC2OC3=C(C4CC5=C(C[N-]4)C[C@H](C)S5)[CH-]CCC3C2CC1.[Ir]. The molecule has 2 aliphatic carbocycles. The number of fused-ring (bicyclic) bond motifs is 3. The van der Waals surface area contributed by atoms with Crippen molar-refractivity contribution in [2.75, 3.05) is 13.1 Å². The van der Waals surface area contributed by atoms with E-state index in [1.807, 2.05) is 11.8 Å². The molecule has 9 atom stereocenters. The Morgan fingerprint density at radius 1 is 1.12 bits per heavy atom. The van der Waals surface area contributed by atoms with Gasteiger partial charge in [-0.15, -0.1) is 43.4 Å². The molecular formula is C34H49IrN3OS-4. The average molecular weight is 743 g/mol. The van der Waals surface area contributed by atoms with E-state index in [1.54, 1.807) is 4.91 Å². The molecule has 0 bridgehead atoms. The Morgan fingerprint density at radius 3 is 2.77 bits per heavy atom. The molecule has 4 unspecified atom stereocenters. The normalized spacial score (nSPS) is 41.9. The number of ether oxygens (including phenoxy) is 1. The van der Waals surface area contributed by atoms with Gasteiger partial charge in [0, 0.05) is 41.1 Å². The van der Waals surface area contributed by atoms with Gasteiger partial charge in [0.15, 0.2) is 6.23 Å². The number of rotatable bonds is 2. The molecule has 0 aromatic carbocycles. The van der Waals surface area contributed by atoms with Gasteiger partial charge in [-0.3, -0.25) is 4.99 Å². The van der Waals surface area contributed by atoms with Crippen LogP contribution in [0.4, 0.5) is 0 Å². The van der Waals surface area contributed by atoms with Crippen LogP contribution in [0.25, 0.3) is 10.6 Å². The van der Waals surface area contributed by atoms with Gasteiger partial charge in [0.25, 0.3) is 0 Å². The van der Waals surface area contributed by atoms with E-state index in [9.17, 15) is 0 Å². The smallest absolute Gasteiger partial charge is 0.171 e. The van der Waals surface area contributed by atoms with Crippen LogP contribution >= 0.6 is 11.8 Å². The molecule has 4 nitrogen and oxygen atoms in total. The predicted octanol–water partition coefficient (Wildman–Crippen LogP) is 9.18. The monoisotopic (exact) mass is 743 g/mol. The molecule has 0 N–H and O–H groups in total. The molecule has 7 rings (SSSR count). The largest absolute Gasteiger partial charge is 0.690 e. The summed E-state index contributed by atoms with van der Waals surface area (Å²) in [6, 6.07) is 0.200. The van der Waals surface area contributed by atoms with E-state index in [0.29, 0.717) is 41.1 Å². The molecule has 0 aromatic rings. The number of aliphatic imine (C=N–C) groups is 1. The van der Waals surface area contributed by atoms with Crippen LogP contribution < -0.4 is 0 Å². The maximum Gasteiger partial charge on any atom is 0.171 e. The minimum atomic E-state index is -2.09. The van der Waals surface area contributed by atoms with Gasteiger partial charge in [-0.05, 0) is 55.0 Å². The maximum atomic E-state index is 7.67. The summed E-state index contributed by atoms with van der Waals surface area (Å²) in [6.07, 6.45) is 16.7. The first-order chi connectivity index (χ1) is 20.1. The third-order valence-electron chi connectivity index (χ3n) is 10.2. The first kappa shape index (κ1) is 26.9. The Morgan fingerprint density at radius 2 is 2.00 bits per heavy atom. The van der Waals surface area contributed by atoms with Crippen molar-refractivity contribution in [1.29, 1.82) is 0 Å². The van der Waals surface area contributed by atoms with Crippen molar-refractivity contribution in [1.82, 2.24) is 0 Å². The van der Waals surface area contributed by atoms with E-state index in [1.165, 1.54) is 42.5 Å². The van der Waals surface area contributed by atoms with E-state index >= 15 is 0 Å². The third kappa shape index (κ3) is 6.61. The third-order valence-corrected chi connectivity index (χ3v) is 11.5. The Bertz CT molecular complexity index is 1140. The van der Waals surface area contributed by atoms with E-state index < -0.39 is 6.85 Å². The van der Waals surface area contributed by atoms with Gasteiger partial charge < -0.3 is 21.8 Å². The number of nitrogens with zero attached hydrogens (tertiary/aromatic N) is 3. The molecule has 2 fully saturated rings. The summed E-state index contributed by atoms with van der Waals surface area (Å²) in [6.45, 7) is 9.08.